The van der Waals surface area contributed by atoms with Crippen molar-refractivity contribution in [3.63, 3.8) is 0 Å². The highest BCUT2D eigenvalue weighted by atomic mass is 32.2. The van der Waals surface area contributed by atoms with Gasteiger partial charge in [0.25, 0.3) is 0 Å². The average Bonchev–Trinajstić information content (AvgIpc) is 2.29. The first kappa shape index (κ1) is 13.9. The lowest BCUT2D eigenvalue weighted by atomic mass is 10.3. The molecule has 6 nitrogen and oxygen atoms in total. The molecule has 1 heterocycles. The van der Waals surface area contributed by atoms with Crippen LogP contribution in [0.3, 0.4) is 0 Å². The third-order valence-electron chi connectivity index (χ3n) is 2.10. The van der Waals surface area contributed by atoms with Gasteiger partial charge in [-0.15, -0.1) is 0 Å². The summed E-state index contributed by atoms with van der Waals surface area (Å²) in [4.78, 5) is 7.48. The van der Waals surface area contributed by atoms with Gasteiger partial charge in [0.2, 0.25) is 10.0 Å². The molecule has 2 N–H and O–H groups in total. The molecule has 1 aromatic rings. The van der Waals surface area contributed by atoms with Crippen LogP contribution in [0.5, 0.6) is 0 Å². The zero-order valence-electron chi connectivity index (χ0n) is 9.89. The molecule has 0 aromatic carbocycles. The third kappa shape index (κ3) is 6.18. The summed E-state index contributed by atoms with van der Waals surface area (Å²) in [6.07, 6.45) is 5.71. The first-order valence-corrected chi connectivity index (χ1v) is 7.25. The Hall–Kier alpha value is -1.21. The Bertz CT molecular complexity index is 408. The molecule has 0 fully saturated rings. The number of sulfonamides is 1. The molecule has 0 aliphatic rings. The van der Waals surface area contributed by atoms with Crippen molar-refractivity contribution in [3.05, 3.63) is 18.7 Å². The quantitative estimate of drug-likeness (QED) is 0.667. The Morgan fingerprint density at radius 1 is 1.24 bits per heavy atom. The number of nitrogens with zero attached hydrogens (tertiary/aromatic N) is 2. The number of aromatic nitrogens is 2. The first-order valence-electron chi connectivity index (χ1n) is 5.60. The maximum atomic E-state index is 11.6. The topological polar surface area (TPSA) is 84.0 Å². The minimum Gasteiger partial charge on any atom is -0.317 e. The van der Waals surface area contributed by atoms with E-state index in [1.165, 1.54) is 18.7 Å². The minimum atomic E-state index is -3.28. The number of hydrogen-bond acceptors (Lipinski definition) is 5. The highest BCUT2D eigenvalue weighted by Crippen LogP contribution is 2.05. The van der Waals surface area contributed by atoms with E-state index in [-0.39, 0.29) is 5.75 Å². The lowest BCUT2D eigenvalue weighted by molar-refractivity contribution is 0.593. The highest BCUT2D eigenvalue weighted by Gasteiger charge is 2.09. The first-order chi connectivity index (χ1) is 8.14. The average molecular weight is 258 g/mol. The van der Waals surface area contributed by atoms with Gasteiger partial charge in [0.1, 0.15) is 6.33 Å². The van der Waals surface area contributed by atoms with Gasteiger partial charge in [0.15, 0.2) is 0 Å². The van der Waals surface area contributed by atoms with Gasteiger partial charge in [-0.2, -0.15) is 0 Å². The van der Waals surface area contributed by atoms with Gasteiger partial charge in [-0.1, -0.05) is 6.92 Å². The fourth-order valence-corrected chi connectivity index (χ4v) is 2.45. The molecule has 1 aromatic heterocycles. The van der Waals surface area contributed by atoms with Crippen LogP contribution in [-0.4, -0.2) is 37.2 Å². The van der Waals surface area contributed by atoms with Crippen molar-refractivity contribution in [2.45, 2.75) is 19.8 Å². The Balaban J connectivity index is 2.32. The third-order valence-corrected chi connectivity index (χ3v) is 3.47. The van der Waals surface area contributed by atoms with Crippen LogP contribution < -0.4 is 10.0 Å². The maximum absolute atomic E-state index is 11.6. The van der Waals surface area contributed by atoms with Crippen molar-refractivity contribution in [3.8, 4) is 0 Å². The van der Waals surface area contributed by atoms with Crippen LogP contribution in [0, 0.1) is 0 Å². The standard InChI is InChI=1S/C10H18N4O2S/c1-2-11-5-3-4-6-17(15,16)14-10-7-12-9-13-8-10/h7-9,11,14H,2-6H2,1H3. The van der Waals surface area contributed by atoms with Gasteiger partial charge in [-0.25, -0.2) is 18.4 Å². The van der Waals surface area contributed by atoms with Gasteiger partial charge >= 0.3 is 0 Å². The van der Waals surface area contributed by atoms with Crippen LogP contribution in [0.4, 0.5) is 5.69 Å². The SMILES string of the molecule is CCNCCCCS(=O)(=O)Nc1cncnc1. The molecule has 0 amide bonds. The second kappa shape index (κ2) is 7.18. The van der Waals surface area contributed by atoms with Crippen LogP contribution in [0.1, 0.15) is 19.8 Å². The van der Waals surface area contributed by atoms with Crippen molar-refractivity contribution in [2.24, 2.45) is 0 Å². The predicted molar refractivity (Wildman–Crippen MR) is 67.2 cm³/mol. The summed E-state index contributed by atoms with van der Waals surface area (Å²) in [5.41, 5.74) is 0.402. The molecular weight excluding hydrogens is 240 g/mol. The van der Waals surface area contributed by atoms with Gasteiger partial charge in [-0.3, -0.25) is 4.72 Å². The number of anilines is 1. The predicted octanol–water partition coefficient (Wildman–Crippen LogP) is 0.608. The molecule has 0 aliphatic carbocycles. The number of hydrogen-bond donors (Lipinski definition) is 2. The van der Waals surface area contributed by atoms with Crippen LogP contribution in [0.25, 0.3) is 0 Å². The molecule has 0 atom stereocenters. The molecule has 0 unspecified atom stereocenters. The second-order valence-electron chi connectivity index (χ2n) is 3.61. The van der Waals surface area contributed by atoms with E-state index in [9.17, 15) is 8.42 Å². The normalized spacial score (nSPS) is 11.4. The molecule has 17 heavy (non-hydrogen) atoms. The van der Waals surface area contributed by atoms with Crippen LogP contribution in [0.15, 0.2) is 18.7 Å². The second-order valence-corrected chi connectivity index (χ2v) is 5.45. The lowest BCUT2D eigenvalue weighted by Gasteiger charge is -2.07. The lowest BCUT2D eigenvalue weighted by Crippen LogP contribution is -2.19. The van der Waals surface area contributed by atoms with E-state index in [1.54, 1.807) is 0 Å². The molecule has 0 saturated heterocycles. The molecule has 96 valence electrons. The summed E-state index contributed by atoms with van der Waals surface area (Å²) in [6, 6.07) is 0. The van der Waals surface area contributed by atoms with Crippen molar-refractivity contribution >= 4 is 15.7 Å². The molecule has 0 bridgehead atoms. The van der Waals surface area contributed by atoms with Crippen molar-refractivity contribution < 1.29 is 8.42 Å². The molecular formula is C10H18N4O2S. The van der Waals surface area contributed by atoms with Crippen LogP contribution >= 0.6 is 0 Å². The van der Waals surface area contributed by atoms with E-state index >= 15 is 0 Å². The van der Waals surface area contributed by atoms with E-state index in [0.29, 0.717) is 12.1 Å². The van der Waals surface area contributed by atoms with Gasteiger partial charge in [0.05, 0.1) is 23.8 Å². The van der Waals surface area contributed by atoms with E-state index in [0.717, 1.165) is 19.5 Å². The monoisotopic (exact) mass is 258 g/mol. The Morgan fingerprint density at radius 2 is 1.94 bits per heavy atom. The number of unbranched alkanes of at least 4 members (excludes halogenated alkanes) is 1. The van der Waals surface area contributed by atoms with E-state index in [1.807, 2.05) is 6.92 Å². The summed E-state index contributed by atoms with van der Waals surface area (Å²) in [6.45, 7) is 3.78. The summed E-state index contributed by atoms with van der Waals surface area (Å²) in [7, 11) is -3.28. The van der Waals surface area contributed by atoms with Crippen LogP contribution in [-0.2, 0) is 10.0 Å². The fraction of sp³-hybridized carbons (Fsp3) is 0.600. The summed E-state index contributed by atoms with van der Waals surface area (Å²) in [5, 5.41) is 3.15. The molecule has 0 spiro atoms. The van der Waals surface area contributed by atoms with E-state index < -0.39 is 10.0 Å². The van der Waals surface area contributed by atoms with E-state index in [4.69, 9.17) is 0 Å². The van der Waals surface area contributed by atoms with Crippen LogP contribution in [0.2, 0.25) is 0 Å². The number of rotatable bonds is 8. The summed E-state index contributed by atoms with van der Waals surface area (Å²) < 4.78 is 25.7. The summed E-state index contributed by atoms with van der Waals surface area (Å²) >= 11 is 0. The smallest absolute Gasteiger partial charge is 0.232 e. The van der Waals surface area contributed by atoms with Gasteiger partial charge in [0, 0.05) is 0 Å². The largest absolute Gasteiger partial charge is 0.317 e. The number of nitrogens with one attached hydrogen (secondary N) is 2. The molecule has 0 saturated carbocycles. The molecule has 1 rings (SSSR count). The molecule has 0 aliphatic heterocycles. The highest BCUT2D eigenvalue weighted by molar-refractivity contribution is 7.92. The Morgan fingerprint density at radius 3 is 2.59 bits per heavy atom. The van der Waals surface area contributed by atoms with Gasteiger partial charge < -0.3 is 5.32 Å². The Labute approximate surface area is 102 Å². The molecule has 7 heteroatoms. The minimum absolute atomic E-state index is 0.118. The van der Waals surface area contributed by atoms with Crippen molar-refractivity contribution in [1.82, 2.24) is 15.3 Å². The van der Waals surface area contributed by atoms with Crippen molar-refractivity contribution in [2.75, 3.05) is 23.6 Å². The fourth-order valence-electron chi connectivity index (χ4n) is 1.30. The zero-order chi connectivity index (χ0) is 12.6. The summed E-state index contributed by atoms with van der Waals surface area (Å²) in [5.74, 6) is 0.118. The Kier molecular flexibility index (Phi) is 5.85. The van der Waals surface area contributed by atoms with E-state index in [2.05, 4.69) is 20.0 Å². The maximum Gasteiger partial charge on any atom is 0.232 e. The molecule has 0 radical (unpaired) electrons. The zero-order valence-corrected chi connectivity index (χ0v) is 10.7. The van der Waals surface area contributed by atoms with Gasteiger partial charge in [-0.05, 0) is 25.9 Å². The van der Waals surface area contributed by atoms with Crippen molar-refractivity contribution in [1.29, 1.82) is 0 Å².